The molecule has 2 rings (SSSR count). The Bertz CT molecular complexity index is 433. The van der Waals surface area contributed by atoms with Crippen molar-refractivity contribution < 1.29 is 18.3 Å². The van der Waals surface area contributed by atoms with Gasteiger partial charge in [0.15, 0.2) is 0 Å². The van der Waals surface area contributed by atoms with Gasteiger partial charge in [0.2, 0.25) is 0 Å². The van der Waals surface area contributed by atoms with Crippen LogP contribution in [0.3, 0.4) is 0 Å². The molecule has 0 amide bonds. The highest BCUT2D eigenvalue weighted by atomic mass is 19.3. The van der Waals surface area contributed by atoms with Gasteiger partial charge in [0.25, 0.3) is 6.43 Å². The fourth-order valence-electron chi connectivity index (χ4n) is 2.44. The van der Waals surface area contributed by atoms with Crippen LogP contribution in [0.1, 0.15) is 49.2 Å². The third kappa shape index (κ3) is 2.68. The standard InChI is InChI=1S/C14H16F2O2/c1-18-13-8-10(4-7-12(13)14(15)16)9-2-5-11(17)6-3-9/h4,7-9,14H,2-3,5-6H2,1H3. The maximum Gasteiger partial charge on any atom is 0.267 e. The molecule has 1 aromatic carbocycles. The van der Waals surface area contributed by atoms with Crippen molar-refractivity contribution in [2.45, 2.75) is 38.0 Å². The summed E-state index contributed by atoms with van der Waals surface area (Å²) in [5, 5.41) is 0. The van der Waals surface area contributed by atoms with Crippen LogP contribution in [0, 0.1) is 0 Å². The first kappa shape index (κ1) is 13.0. The Hall–Kier alpha value is -1.45. The monoisotopic (exact) mass is 254 g/mol. The minimum atomic E-state index is -2.53. The predicted octanol–water partition coefficient (Wildman–Crippen LogP) is 3.86. The van der Waals surface area contributed by atoms with Gasteiger partial charge in [0, 0.05) is 12.8 Å². The van der Waals surface area contributed by atoms with Crippen LogP contribution in [-0.2, 0) is 4.79 Å². The zero-order valence-corrected chi connectivity index (χ0v) is 10.3. The SMILES string of the molecule is COc1cc(C2CCC(=O)CC2)ccc1C(F)F. The highest BCUT2D eigenvalue weighted by Gasteiger charge is 2.22. The molecule has 0 atom stereocenters. The molecule has 0 spiro atoms. The van der Waals surface area contributed by atoms with E-state index in [1.165, 1.54) is 13.2 Å². The van der Waals surface area contributed by atoms with Gasteiger partial charge in [-0.2, -0.15) is 0 Å². The molecule has 0 radical (unpaired) electrons. The number of benzene rings is 1. The molecule has 0 heterocycles. The van der Waals surface area contributed by atoms with E-state index in [9.17, 15) is 13.6 Å². The molecule has 0 aliphatic heterocycles. The van der Waals surface area contributed by atoms with Crippen molar-refractivity contribution >= 4 is 5.78 Å². The Labute approximate surface area is 105 Å². The van der Waals surface area contributed by atoms with E-state index in [0.717, 1.165) is 18.4 Å². The summed E-state index contributed by atoms with van der Waals surface area (Å²) in [5.41, 5.74) is 0.914. The lowest BCUT2D eigenvalue weighted by molar-refractivity contribution is -0.120. The number of alkyl halides is 2. The van der Waals surface area contributed by atoms with Gasteiger partial charge in [0.1, 0.15) is 11.5 Å². The quantitative estimate of drug-likeness (QED) is 0.818. The third-order valence-electron chi connectivity index (χ3n) is 3.51. The second-order valence-corrected chi connectivity index (χ2v) is 4.62. The van der Waals surface area contributed by atoms with Crippen LogP contribution in [0.4, 0.5) is 8.78 Å². The molecule has 0 saturated heterocycles. The number of rotatable bonds is 3. The molecule has 1 aliphatic carbocycles. The summed E-state index contributed by atoms with van der Waals surface area (Å²) in [6.45, 7) is 0. The number of hydrogen-bond donors (Lipinski definition) is 0. The fraction of sp³-hybridized carbons (Fsp3) is 0.500. The molecule has 18 heavy (non-hydrogen) atoms. The first-order valence-electron chi connectivity index (χ1n) is 6.09. The van der Waals surface area contributed by atoms with Crippen molar-refractivity contribution in [1.82, 2.24) is 0 Å². The number of hydrogen-bond acceptors (Lipinski definition) is 2. The number of carbonyl (C=O) groups excluding carboxylic acids is 1. The van der Waals surface area contributed by atoms with Gasteiger partial charge in [-0.25, -0.2) is 8.78 Å². The fourth-order valence-corrected chi connectivity index (χ4v) is 2.44. The van der Waals surface area contributed by atoms with Crippen molar-refractivity contribution in [3.63, 3.8) is 0 Å². The lowest BCUT2D eigenvalue weighted by Gasteiger charge is -2.22. The van der Waals surface area contributed by atoms with E-state index in [1.54, 1.807) is 12.1 Å². The van der Waals surface area contributed by atoms with Gasteiger partial charge in [-0.3, -0.25) is 4.79 Å². The summed E-state index contributed by atoms with van der Waals surface area (Å²) < 4.78 is 30.4. The summed E-state index contributed by atoms with van der Waals surface area (Å²) in [6.07, 6.45) is 0.251. The van der Waals surface area contributed by atoms with Crippen LogP contribution in [0.5, 0.6) is 5.75 Å². The first-order chi connectivity index (χ1) is 8.61. The predicted molar refractivity (Wildman–Crippen MR) is 64.2 cm³/mol. The molecule has 4 heteroatoms. The van der Waals surface area contributed by atoms with E-state index >= 15 is 0 Å². The Morgan fingerprint density at radius 2 is 1.94 bits per heavy atom. The second kappa shape index (κ2) is 5.46. The molecule has 0 N–H and O–H groups in total. The van der Waals surface area contributed by atoms with Crippen LogP contribution in [0.2, 0.25) is 0 Å². The molecule has 0 aromatic heterocycles. The number of halogens is 2. The lowest BCUT2D eigenvalue weighted by atomic mass is 9.83. The van der Waals surface area contributed by atoms with E-state index in [2.05, 4.69) is 0 Å². The zero-order valence-electron chi connectivity index (χ0n) is 10.3. The van der Waals surface area contributed by atoms with Gasteiger partial charge in [0.05, 0.1) is 12.7 Å². The van der Waals surface area contributed by atoms with Crippen molar-refractivity contribution in [2.75, 3.05) is 7.11 Å². The van der Waals surface area contributed by atoms with Crippen LogP contribution < -0.4 is 4.74 Å². The Balaban J connectivity index is 2.21. The van der Waals surface area contributed by atoms with Gasteiger partial charge < -0.3 is 4.74 Å². The zero-order chi connectivity index (χ0) is 13.1. The summed E-state index contributed by atoms with van der Waals surface area (Å²) in [4.78, 5) is 11.2. The van der Waals surface area contributed by atoms with Crippen molar-refractivity contribution in [3.8, 4) is 5.75 Å². The normalized spacial score (nSPS) is 17.2. The van der Waals surface area contributed by atoms with Crippen LogP contribution in [-0.4, -0.2) is 12.9 Å². The number of carbonyl (C=O) groups is 1. The van der Waals surface area contributed by atoms with Gasteiger partial charge in [-0.15, -0.1) is 0 Å². The van der Waals surface area contributed by atoms with Crippen molar-refractivity contribution in [2.24, 2.45) is 0 Å². The summed E-state index contributed by atoms with van der Waals surface area (Å²) in [7, 11) is 1.40. The maximum atomic E-state index is 12.7. The Kier molecular flexibility index (Phi) is 3.94. The molecule has 1 saturated carbocycles. The summed E-state index contributed by atoms with van der Waals surface area (Å²) >= 11 is 0. The lowest BCUT2D eigenvalue weighted by Crippen LogP contribution is -2.12. The molecule has 0 unspecified atom stereocenters. The van der Waals surface area contributed by atoms with Gasteiger partial charge in [-0.05, 0) is 36.5 Å². The van der Waals surface area contributed by atoms with E-state index in [1.807, 2.05) is 0 Å². The number of methoxy groups -OCH3 is 1. The highest BCUT2D eigenvalue weighted by molar-refractivity contribution is 5.79. The molecule has 1 aliphatic rings. The average Bonchev–Trinajstić information content (AvgIpc) is 2.38. The van der Waals surface area contributed by atoms with Gasteiger partial charge >= 0.3 is 0 Å². The molecular weight excluding hydrogens is 238 g/mol. The third-order valence-corrected chi connectivity index (χ3v) is 3.51. The molecular formula is C14H16F2O2. The first-order valence-corrected chi connectivity index (χ1v) is 6.09. The van der Waals surface area contributed by atoms with E-state index in [0.29, 0.717) is 18.6 Å². The Morgan fingerprint density at radius 3 is 2.50 bits per heavy atom. The molecule has 98 valence electrons. The number of ether oxygens (including phenoxy) is 1. The Morgan fingerprint density at radius 1 is 1.28 bits per heavy atom. The molecule has 0 bridgehead atoms. The highest BCUT2D eigenvalue weighted by Crippen LogP contribution is 2.36. The van der Waals surface area contributed by atoms with E-state index < -0.39 is 6.43 Å². The van der Waals surface area contributed by atoms with Crippen LogP contribution >= 0.6 is 0 Å². The van der Waals surface area contributed by atoms with Crippen molar-refractivity contribution in [3.05, 3.63) is 29.3 Å². The minimum absolute atomic E-state index is 0.0758. The topological polar surface area (TPSA) is 26.3 Å². The maximum absolute atomic E-state index is 12.7. The van der Waals surface area contributed by atoms with E-state index in [4.69, 9.17) is 4.74 Å². The molecule has 2 nitrogen and oxygen atoms in total. The van der Waals surface area contributed by atoms with Crippen LogP contribution in [0.25, 0.3) is 0 Å². The van der Waals surface area contributed by atoms with Crippen LogP contribution in [0.15, 0.2) is 18.2 Å². The number of Topliss-reactive ketones (excluding diaryl/α,β-unsaturated/α-hetero) is 1. The molecule has 1 fully saturated rings. The average molecular weight is 254 g/mol. The summed E-state index contributed by atoms with van der Waals surface area (Å²) in [5.74, 6) is 0.810. The van der Waals surface area contributed by atoms with E-state index in [-0.39, 0.29) is 17.2 Å². The van der Waals surface area contributed by atoms with Crippen molar-refractivity contribution in [1.29, 1.82) is 0 Å². The molecule has 1 aromatic rings. The largest absolute Gasteiger partial charge is 0.496 e. The van der Waals surface area contributed by atoms with Gasteiger partial charge in [-0.1, -0.05) is 6.07 Å². The summed E-state index contributed by atoms with van der Waals surface area (Å²) in [6, 6.07) is 4.84. The number of ketones is 1. The smallest absolute Gasteiger partial charge is 0.267 e. The minimum Gasteiger partial charge on any atom is -0.496 e. The second-order valence-electron chi connectivity index (χ2n) is 4.62.